The molecule has 1 aliphatic heterocycles. The number of rotatable bonds is 7. The predicted octanol–water partition coefficient (Wildman–Crippen LogP) is 3.46. The molecule has 0 saturated carbocycles. The number of carboxylic acids is 1. The van der Waals surface area contributed by atoms with Crippen molar-refractivity contribution in [1.29, 1.82) is 5.26 Å². The fourth-order valence-electron chi connectivity index (χ4n) is 3.79. The summed E-state index contributed by atoms with van der Waals surface area (Å²) in [5, 5.41) is 29.6. The summed E-state index contributed by atoms with van der Waals surface area (Å²) in [5.41, 5.74) is -0.169. The second-order valence-corrected chi connectivity index (χ2v) is 8.63. The van der Waals surface area contributed by atoms with Crippen molar-refractivity contribution in [3.8, 4) is 11.8 Å². The predicted molar refractivity (Wildman–Crippen MR) is 116 cm³/mol. The smallest absolute Gasteiger partial charge is 0.307 e. The number of likely N-dealkylation sites (tertiary alicyclic amines) is 1. The van der Waals surface area contributed by atoms with Crippen molar-refractivity contribution < 1.29 is 28.9 Å². The Balaban J connectivity index is 1.61. The first kappa shape index (κ1) is 23.7. The zero-order chi connectivity index (χ0) is 23.3. The Morgan fingerprint density at radius 1 is 1.22 bits per heavy atom. The van der Waals surface area contributed by atoms with Gasteiger partial charge >= 0.3 is 5.97 Å². The van der Waals surface area contributed by atoms with Gasteiger partial charge in [0.25, 0.3) is 5.91 Å². The van der Waals surface area contributed by atoms with Gasteiger partial charge in [-0.05, 0) is 48.7 Å². The van der Waals surface area contributed by atoms with E-state index < -0.39 is 23.3 Å². The third kappa shape index (κ3) is 5.44. The molecule has 1 fully saturated rings. The highest BCUT2D eigenvalue weighted by atomic mass is 79.9. The number of benzene rings is 2. The van der Waals surface area contributed by atoms with Crippen molar-refractivity contribution in [3.63, 3.8) is 0 Å². The fraction of sp³-hybridized carbons (Fsp3) is 0.348. The number of aliphatic carboxylic acids is 1. The minimum atomic E-state index is -1.09. The second-order valence-electron chi connectivity index (χ2n) is 7.71. The third-order valence-corrected chi connectivity index (χ3v) is 6.15. The highest BCUT2D eigenvalue weighted by Crippen LogP contribution is 2.42. The van der Waals surface area contributed by atoms with Gasteiger partial charge < -0.3 is 19.8 Å². The summed E-state index contributed by atoms with van der Waals surface area (Å²) in [6.07, 6.45) is -0.811. The maximum atomic E-state index is 13.2. The Kier molecular flexibility index (Phi) is 7.48. The van der Waals surface area contributed by atoms with Gasteiger partial charge in [0.1, 0.15) is 11.6 Å². The maximum Gasteiger partial charge on any atom is 0.307 e. The molecule has 9 heteroatoms. The van der Waals surface area contributed by atoms with Crippen LogP contribution < -0.4 is 4.74 Å². The van der Waals surface area contributed by atoms with E-state index in [9.17, 15) is 24.3 Å². The van der Waals surface area contributed by atoms with Crippen LogP contribution in [0.15, 0.2) is 46.9 Å². The number of amides is 1. The number of hydrogen-bond acceptors (Lipinski definition) is 5. The van der Waals surface area contributed by atoms with Gasteiger partial charge in [0.15, 0.2) is 6.61 Å². The van der Waals surface area contributed by atoms with Crippen LogP contribution in [0.4, 0.5) is 4.39 Å². The van der Waals surface area contributed by atoms with E-state index in [4.69, 9.17) is 9.84 Å². The number of halogens is 2. The van der Waals surface area contributed by atoms with Gasteiger partial charge in [0.05, 0.1) is 24.0 Å². The van der Waals surface area contributed by atoms with Crippen LogP contribution >= 0.6 is 15.9 Å². The lowest BCUT2D eigenvalue weighted by Crippen LogP contribution is -2.46. The summed E-state index contributed by atoms with van der Waals surface area (Å²) in [7, 11) is 0. The number of hydrogen-bond donors (Lipinski definition) is 2. The summed E-state index contributed by atoms with van der Waals surface area (Å²) >= 11 is 3.29. The molecule has 0 spiro atoms. The minimum absolute atomic E-state index is 0.237. The maximum absolute atomic E-state index is 13.2. The number of carboxylic acid groups (broad SMARTS) is 1. The quantitative estimate of drug-likeness (QED) is 0.597. The third-order valence-electron chi connectivity index (χ3n) is 5.66. The molecule has 168 valence electrons. The van der Waals surface area contributed by atoms with Crippen LogP contribution in [0.2, 0.25) is 0 Å². The van der Waals surface area contributed by atoms with Crippen molar-refractivity contribution in [1.82, 2.24) is 4.90 Å². The number of nitriles is 1. The molecule has 2 aromatic rings. The lowest BCUT2D eigenvalue weighted by molar-refractivity contribution is -0.136. The number of aliphatic hydroxyl groups excluding tert-OH is 1. The standard InChI is InChI=1S/C23H22BrFN2O5/c24-17-3-6-19(16(11-17)12-21(29)30)32-13-20(28)27-9-7-23(14-26,8-10-27)22(31)15-1-4-18(25)5-2-15/h1-6,11,22,31H,7-10,12-13H2,(H,29,30). The molecule has 3 rings (SSSR count). The van der Waals surface area contributed by atoms with Gasteiger partial charge in [0.2, 0.25) is 0 Å². The van der Waals surface area contributed by atoms with E-state index in [1.165, 1.54) is 24.3 Å². The van der Waals surface area contributed by atoms with E-state index in [2.05, 4.69) is 22.0 Å². The molecule has 1 amide bonds. The number of piperidine rings is 1. The molecule has 2 aromatic carbocycles. The van der Waals surface area contributed by atoms with E-state index in [1.807, 2.05) is 0 Å². The first-order chi connectivity index (χ1) is 15.2. The van der Waals surface area contributed by atoms with Crippen LogP contribution in [0.5, 0.6) is 5.75 Å². The first-order valence-electron chi connectivity index (χ1n) is 10.00. The van der Waals surface area contributed by atoms with E-state index in [0.29, 0.717) is 21.3 Å². The molecule has 0 radical (unpaired) electrons. The lowest BCUT2D eigenvalue weighted by atomic mass is 9.73. The molecular weight excluding hydrogens is 483 g/mol. The number of carbonyl (C=O) groups is 2. The van der Waals surface area contributed by atoms with Gasteiger partial charge in [-0.1, -0.05) is 28.1 Å². The van der Waals surface area contributed by atoms with Crippen LogP contribution in [0.1, 0.15) is 30.1 Å². The van der Waals surface area contributed by atoms with E-state index >= 15 is 0 Å². The minimum Gasteiger partial charge on any atom is -0.483 e. The number of carbonyl (C=O) groups excluding carboxylic acids is 1. The van der Waals surface area contributed by atoms with Crippen molar-refractivity contribution in [3.05, 3.63) is 63.9 Å². The van der Waals surface area contributed by atoms with Crippen LogP contribution in [-0.2, 0) is 16.0 Å². The molecule has 1 unspecified atom stereocenters. The number of aliphatic hydroxyl groups is 1. The SMILES string of the molecule is N#CC1(C(O)c2ccc(F)cc2)CCN(C(=O)COc2ccc(Br)cc2CC(=O)O)CC1. The topological polar surface area (TPSA) is 111 Å². The van der Waals surface area contributed by atoms with E-state index in [-0.39, 0.29) is 44.9 Å². The monoisotopic (exact) mass is 504 g/mol. The average Bonchev–Trinajstić information content (AvgIpc) is 2.78. The summed E-state index contributed by atoms with van der Waals surface area (Å²) in [6, 6.07) is 12.5. The highest BCUT2D eigenvalue weighted by Gasteiger charge is 2.43. The Bertz CT molecular complexity index is 1030. The van der Waals surface area contributed by atoms with E-state index in [1.54, 1.807) is 23.1 Å². The number of ether oxygens (including phenoxy) is 1. The molecular formula is C23H22BrFN2O5. The Morgan fingerprint density at radius 3 is 2.47 bits per heavy atom. The summed E-state index contributed by atoms with van der Waals surface area (Å²) in [5.74, 6) is -1.41. The zero-order valence-corrected chi connectivity index (χ0v) is 18.7. The Morgan fingerprint density at radius 2 is 1.88 bits per heavy atom. The molecule has 0 aliphatic carbocycles. The normalized spacial score (nSPS) is 16.1. The molecule has 2 N–H and O–H groups in total. The molecule has 1 aliphatic rings. The molecule has 0 bridgehead atoms. The fourth-order valence-corrected chi connectivity index (χ4v) is 4.19. The summed E-state index contributed by atoms with van der Waals surface area (Å²) < 4.78 is 19.5. The average molecular weight is 505 g/mol. The molecule has 32 heavy (non-hydrogen) atoms. The van der Waals surface area contributed by atoms with Crippen LogP contribution in [0, 0.1) is 22.6 Å². The first-order valence-corrected chi connectivity index (χ1v) is 10.8. The Labute approximate surface area is 193 Å². The van der Waals surface area contributed by atoms with Crippen LogP contribution in [-0.4, -0.2) is 46.7 Å². The molecule has 0 aromatic heterocycles. The van der Waals surface area contributed by atoms with Crippen molar-refractivity contribution in [2.24, 2.45) is 5.41 Å². The van der Waals surface area contributed by atoms with Crippen molar-refractivity contribution in [2.75, 3.05) is 19.7 Å². The second kappa shape index (κ2) is 10.1. The Hall–Kier alpha value is -2.96. The van der Waals surface area contributed by atoms with Gasteiger partial charge in [-0.3, -0.25) is 9.59 Å². The molecule has 7 nitrogen and oxygen atoms in total. The molecule has 1 heterocycles. The van der Waals surface area contributed by atoms with Crippen molar-refractivity contribution in [2.45, 2.75) is 25.4 Å². The van der Waals surface area contributed by atoms with Crippen molar-refractivity contribution >= 4 is 27.8 Å². The van der Waals surface area contributed by atoms with Gasteiger partial charge in [-0.2, -0.15) is 5.26 Å². The molecule has 1 saturated heterocycles. The molecule has 1 atom stereocenters. The largest absolute Gasteiger partial charge is 0.483 e. The lowest BCUT2D eigenvalue weighted by Gasteiger charge is -2.40. The van der Waals surface area contributed by atoms with Crippen LogP contribution in [0.3, 0.4) is 0 Å². The number of nitrogens with zero attached hydrogens (tertiary/aromatic N) is 2. The van der Waals surface area contributed by atoms with Gasteiger partial charge in [-0.25, -0.2) is 4.39 Å². The zero-order valence-electron chi connectivity index (χ0n) is 17.1. The van der Waals surface area contributed by atoms with Gasteiger partial charge in [-0.15, -0.1) is 0 Å². The summed E-state index contributed by atoms with van der Waals surface area (Å²) in [6.45, 7) is 0.251. The van der Waals surface area contributed by atoms with Gasteiger partial charge in [0, 0.05) is 23.1 Å². The highest BCUT2D eigenvalue weighted by molar-refractivity contribution is 9.10. The van der Waals surface area contributed by atoms with E-state index in [0.717, 1.165) is 0 Å². The van der Waals surface area contributed by atoms with Crippen LogP contribution in [0.25, 0.3) is 0 Å². The summed E-state index contributed by atoms with van der Waals surface area (Å²) in [4.78, 5) is 25.3.